The summed E-state index contributed by atoms with van der Waals surface area (Å²) in [5, 5.41) is 1.96. The third-order valence-electron chi connectivity index (χ3n) is 5.29. The van der Waals surface area contributed by atoms with Crippen LogP contribution in [0.4, 0.5) is 13.2 Å². The monoisotopic (exact) mass is 480 g/mol. The van der Waals surface area contributed by atoms with Gasteiger partial charge < -0.3 is 4.90 Å². The van der Waals surface area contributed by atoms with Crippen molar-refractivity contribution in [3.63, 3.8) is 0 Å². The highest BCUT2D eigenvalue weighted by Crippen LogP contribution is 2.37. The van der Waals surface area contributed by atoms with Crippen molar-refractivity contribution in [2.24, 2.45) is 0 Å². The van der Waals surface area contributed by atoms with E-state index in [9.17, 15) is 26.4 Å². The van der Waals surface area contributed by atoms with E-state index in [0.717, 1.165) is 29.3 Å². The summed E-state index contributed by atoms with van der Waals surface area (Å²) in [6, 6.07) is 14.5. The molecule has 0 aliphatic carbocycles. The molecule has 32 heavy (non-hydrogen) atoms. The van der Waals surface area contributed by atoms with Gasteiger partial charge in [-0.15, -0.1) is 11.3 Å². The van der Waals surface area contributed by atoms with Gasteiger partial charge in [-0.1, -0.05) is 36.4 Å². The first-order chi connectivity index (χ1) is 15.2. The molecule has 0 spiro atoms. The summed E-state index contributed by atoms with van der Waals surface area (Å²) in [4.78, 5) is 15.3. The van der Waals surface area contributed by atoms with Crippen molar-refractivity contribution in [1.29, 1.82) is 0 Å². The number of carbonyl (C=O) groups is 1. The summed E-state index contributed by atoms with van der Waals surface area (Å²) in [6.45, 7) is -0.140. The molecule has 1 amide bonds. The van der Waals surface area contributed by atoms with Crippen LogP contribution in [-0.4, -0.2) is 32.3 Å². The van der Waals surface area contributed by atoms with Gasteiger partial charge in [0.2, 0.25) is 15.9 Å². The summed E-state index contributed by atoms with van der Waals surface area (Å²) in [7, 11) is -4.30. The molecule has 10 heteroatoms. The van der Waals surface area contributed by atoms with Gasteiger partial charge in [0.1, 0.15) is 0 Å². The van der Waals surface area contributed by atoms with E-state index in [4.69, 9.17) is 0 Å². The smallest absolute Gasteiger partial charge is 0.330 e. The lowest BCUT2D eigenvalue weighted by atomic mass is 9.93. The first kappa shape index (κ1) is 22.5. The van der Waals surface area contributed by atoms with E-state index < -0.39 is 39.1 Å². The summed E-state index contributed by atoms with van der Waals surface area (Å²) < 4.78 is 66.1. The Morgan fingerprint density at radius 1 is 1.09 bits per heavy atom. The molecule has 4 rings (SSSR count). The number of carbonyl (C=O) groups excluding carboxylic acids is 1. The molecule has 1 N–H and O–H groups in total. The van der Waals surface area contributed by atoms with Gasteiger partial charge in [0.25, 0.3) is 0 Å². The third-order valence-corrected chi connectivity index (χ3v) is 7.68. The lowest BCUT2D eigenvalue weighted by Gasteiger charge is -2.36. The summed E-state index contributed by atoms with van der Waals surface area (Å²) >= 11 is 1.61. The van der Waals surface area contributed by atoms with Crippen LogP contribution in [0.1, 0.15) is 27.6 Å². The van der Waals surface area contributed by atoms with Crippen molar-refractivity contribution in [2.45, 2.75) is 23.5 Å². The van der Waals surface area contributed by atoms with Gasteiger partial charge >= 0.3 is 6.18 Å². The van der Waals surface area contributed by atoms with Crippen molar-refractivity contribution in [3.8, 4) is 0 Å². The van der Waals surface area contributed by atoms with Crippen molar-refractivity contribution >= 4 is 27.3 Å². The highest BCUT2D eigenvalue weighted by molar-refractivity contribution is 7.89. The molecule has 0 fully saturated rings. The topological polar surface area (TPSA) is 66.5 Å². The van der Waals surface area contributed by atoms with Gasteiger partial charge in [0, 0.05) is 11.4 Å². The van der Waals surface area contributed by atoms with E-state index in [1.54, 1.807) is 16.2 Å². The third kappa shape index (κ3) is 4.57. The predicted octanol–water partition coefficient (Wildman–Crippen LogP) is 4.22. The van der Waals surface area contributed by atoms with E-state index in [1.165, 1.54) is 4.88 Å². The Kier molecular flexibility index (Phi) is 6.11. The summed E-state index contributed by atoms with van der Waals surface area (Å²) in [5.41, 5.74) is 0.833. The van der Waals surface area contributed by atoms with Gasteiger partial charge in [-0.3, -0.25) is 4.79 Å². The Morgan fingerprint density at radius 2 is 1.84 bits per heavy atom. The zero-order chi connectivity index (χ0) is 22.9. The highest BCUT2D eigenvalue weighted by Gasteiger charge is 2.34. The molecule has 0 bridgehead atoms. The van der Waals surface area contributed by atoms with Crippen LogP contribution in [0.3, 0.4) is 0 Å². The molecule has 1 aliphatic rings. The van der Waals surface area contributed by atoms with Crippen molar-refractivity contribution in [3.05, 3.63) is 87.6 Å². The zero-order valence-corrected chi connectivity index (χ0v) is 18.3. The van der Waals surface area contributed by atoms with Crippen LogP contribution >= 0.6 is 11.3 Å². The molecule has 1 unspecified atom stereocenters. The second-order valence-electron chi connectivity index (χ2n) is 7.30. The molecule has 1 aliphatic heterocycles. The van der Waals surface area contributed by atoms with E-state index >= 15 is 0 Å². The molecule has 1 atom stereocenters. The van der Waals surface area contributed by atoms with Crippen LogP contribution in [0.15, 0.2) is 70.9 Å². The van der Waals surface area contributed by atoms with Gasteiger partial charge in [0.05, 0.1) is 23.0 Å². The van der Waals surface area contributed by atoms with E-state index in [2.05, 4.69) is 4.72 Å². The molecule has 2 heterocycles. The average Bonchev–Trinajstić information content (AvgIpc) is 3.26. The molecular formula is C22H19F3N2O3S2. The number of fused-ring (bicyclic) bond motifs is 1. The Morgan fingerprint density at radius 3 is 2.56 bits per heavy atom. The minimum absolute atomic E-state index is 0.350. The number of nitrogens with zero attached hydrogens (tertiary/aromatic N) is 1. The fourth-order valence-corrected chi connectivity index (χ4v) is 5.68. The second kappa shape index (κ2) is 8.68. The molecule has 168 valence electrons. The van der Waals surface area contributed by atoms with Crippen LogP contribution in [0.25, 0.3) is 0 Å². The van der Waals surface area contributed by atoms with Crippen LogP contribution in [0.5, 0.6) is 0 Å². The SMILES string of the molecule is O=C(CNS(=O)(=O)c1cccc(C(F)(F)F)c1)N1CCc2sccc2C1c1ccccc1. The fourth-order valence-electron chi connectivity index (χ4n) is 3.76. The number of alkyl halides is 3. The maximum atomic E-state index is 13.0. The highest BCUT2D eigenvalue weighted by atomic mass is 32.2. The summed E-state index contributed by atoms with van der Waals surface area (Å²) in [5.74, 6) is -0.453. The minimum Gasteiger partial charge on any atom is -0.330 e. The fraction of sp³-hybridized carbons (Fsp3) is 0.227. The van der Waals surface area contributed by atoms with E-state index in [-0.39, 0.29) is 6.04 Å². The molecule has 5 nitrogen and oxygen atoms in total. The second-order valence-corrected chi connectivity index (χ2v) is 10.1. The molecule has 2 aromatic carbocycles. The van der Waals surface area contributed by atoms with Crippen LogP contribution in [0.2, 0.25) is 0 Å². The maximum Gasteiger partial charge on any atom is 0.416 e. The van der Waals surface area contributed by atoms with Crippen molar-refractivity contribution in [2.75, 3.05) is 13.1 Å². The number of sulfonamides is 1. The maximum absolute atomic E-state index is 13.0. The van der Waals surface area contributed by atoms with E-state index in [1.807, 2.05) is 41.8 Å². The number of halogens is 3. The van der Waals surface area contributed by atoms with Crippen LogP contribution in [0, 0.1) is 0 Å². The molecule has 1 aromatic heterocycles. The first-order valence-electron chi connectivity index (χ1n) is 9.74. The standard InChI is InChI=1S/C22H19F3N2O3S2/c23-22(24,25)16-7-4-8-17(13-16)32(29,30)26-14-20(28)27-11-9-19-18(10-12-31-19)21(27)15-5-2-1-3-6-15/h1-8,10,12-13,21,26H,9,11,14H2. The lowest BCUT2D eigenvalue weighted by molar-refractivity contribution is -0.137. The van der Waals surface area contributed by atoms with Crippen LogP contribution in [-0.2, 0) is 27.4 Å². The molecule has 3 aromatic rings. The number of thiophene rings is 1. The Hall–Kier alpha value is -2.69. The Bertz CT molecular complexity index is 1220. The summed E-state index contributed by atoms with van der Waals surface area (Å²) in [6.07, 6.45) is -4.02. The lowest BCUT2D eigenvalue weighted by Crippen LogP contribution is -2.45. The molecular weight excluding hydrogens is 461 g/mol. The number of amides is 1. The Balaban J connectivity index is 1.55. The molecule has 0 saturated heterocycles. The van der Waals surface area contributed by atoms with Gasteiger partial charge in [-0.05, 0) is 47.2 Å². The normalized spacial score (nSPS) is 16.6. The zero-order valence-electron chi connectivity index (χ0n) is 16.7. The van der Waals surface area contributed by atoms with Crippen molar-refractivity contribution < 1.29 is 26.4 Å². The average molecular weight is 481 g/mol. The first-order valence-corrected chi connectivity index (χ1v) is 12.1. The minimum atomic E-state index is -4.67. The van der Waals surface area contributed by atoms with Crippen molar-refractivity contribution in [1.82, 2.24) is 9.62 Å². The predicted molar refractivity (Wildman–Crippen MR) is 115 cm³/mol. The van der Waals surface area contributed by atoms with Gasteiger partial charge in [0.15, 0.2) is 0 Å². The number of nitrogens with one attached hydrogen (secondary N) is 1. The largest absolute Gasteiger partial charge is 0.416 e. The van der Waals surface area contributed by atoms with Gasteiger partial charge in [-0.2, -0.15) is 13.2 Å². The molecule has 0 saturated carbocycles. The number of hydrogen-bond acceptors (Lipinski definition) is 4. The molecule has 0 radical (unpaired) electrons. The Labute approximate surface area is 187 Å². The number of hydrogen-bond donors (Lipinski definition) is 1. The van der Waals surface area contributed by atoms with E-state index in [0.29, 0.717) is 19.0 Å². The number of benzene rings is 2. The quantitative estimate of drug-likeness (QED) is 0.595. The number of rotatable bonds is 5. The van der Waals surface area contributed by atoms with Gasteiger partial charge in [-0.25, -0.2) is 13.1 Å². The van der Waals surface area contributed by atoms with Crippen LogP contribution < -0.4 is 4.72 Å².